The predicted molar refractivity (Wildman–Crippen MR) is 60.1 cm³/mol. The van der Waals surface area contributed by atoms with Gasteiger partial charge in [-0.25, -0.2) is 0 Å². The number of hydrogen-bond donors (Lipinski definition) is 3. The second-order valence-electron chi connectivity index (χ2n) is 2.98. The molecule has 0 aliphatic heterocycles. The molecule has 1 amide bonds. The van der Waals surface area contributed by atoms with Gasteiger partial charge in [-0.3, -0.25) is 4.79 Å². The van der Waals surface area contributed by atoms with E-state index in [9.17, 15) is 4.79 Å². The number of aliphatic hydroxyl groups excluding tert-OH is 1. The van der Waals surface area contributed by atoms with Gasteiger partial charge in [0.05, 0.1) is 6.54 Å². The van der Waals surface area contributed by atoms with Crippen LogP contribution in [0, 0.1) is 0 Å². The molecule has 0 fully saturated rings. The van der Waals surface area contributed by atoms with Crippen molar-refractivity contribution >= 4 is 5.91 Å². The topological polar surface area (TPSA) is 89.3 Å². The van der Waals surface area contributed by atoms with E-state index in [-0.39, 0.29) is 13.2 Å². The SMILES string of the molecule is NCC(N)=O.OCCCc1ccccc1. The molecule has 0 spiro atoms. The molecule has 84 valence electrons. The van der Waals surface area contributed by atoms with Crippen molar-refractivity contribution in [3.63, 3.8) is 0 Å². The first-order valence-electron chi connectivity index (χ1n) is 4.84. The van der Waals surface area contributed by atoms with Gasteiger partial charge in [-0.05, 0) is 18.4 Å². The Hall–Kier alpha value is -1.39. The van der Waals surface area contributed by atoms with E-state index < -0.39 is 5.91 Å². The number of aryl methyl sites for hydroxylation is 1. The molecule has 0 heterocycles. The van der Waals surface area contributed by atoms with Gasteiger partial charge in [0.2, 0.25) is 5.91 Å². The van der Waals surface area contributed by atoms with E-state index >= 15 is 0 Å². The van der Waals surface area contributed by atoms with Crippen LogP contribution in [0.15, 0.2) is 30.3 Å². The molecule has 15 heavy (non-hydrogen) atoms. The number of nitrogens with two attached hydrogens (primary N) is 2. The van der Waals surface area contributed by atoms with Gasteiger partial charge in [-0.1, -0.05) is 30.3 Å². The highest BCUT2D eigenvalue weighted by atomic mass is 16.2. The molecule has 4 heteroatoms. The molecule has 0 saturated heterocycles. The highest BCUT2D eigenvalue weighted by molar-refractivity contribution is 5.75. The van der Waals surface area contributed by atoms with Gasteiger partial charge in [-0.2, -0.15) is 0 Å². The quantitative estimate of drug-likeness (QED) is 0.655. The smallest absolute Gasteiger partial charge is 0.231 e. The van der Waals surface area contributed by atoms with Crippen LogP contribution in [0.25, 0.3) is 0 Å². The summed E-state index contributed by atoms with van der Waals surface area (Å²) in [5, 5.41) is 8.53. The maximum Gasteiger partial charge on any atom is 0.231 e. The number of benzene rings is 1. The fraction of sp³-hybridized carbons (Fsp3) is 0.364. The Morgan fingerprint density at radius 2 is 1.80 bits per heavy atom. The van der Waals surface area contributed by atoms with Crippen LogP contribution in [-0.4, -0.2) is 24.2 Å². The van der Waals surface area contributed by atoms with Crippen LogP contribution in [0.3, 0.4) is 0 Å². The van der Waals surface area contributed by atoms with Crippen molar-refractivity contribution < 1.29 is 9.90 Å². The molecule has 4 nitrogen and oxygen atoms in total. The van der Waals surface area contributed by atoms with Crippen LogP contribution in [0.4, 0.5) is 0 Å². The minimum atomic E-state index is -0.468. The first-order valence-corrected chi connectivity index (χ1v) is 4.84. The zero-order chi connectivity index (χ0) is 11.5. The molecule has 0 aliphatic rings. The monoisotopic (exact) mass is 210 g/mol. The van der Waals surface area contributed by atoms with Crippen molar-refractivity contribution in [2.24, 2.45) is 11.5 Å². The molecule has 0 atom stereocenters. The second-order valence-corrected chi connectivity index (χ2v) is 2.98. The zero-order valence-corrected chi connectivity index (χ0v) is 8.73. The van der Waals surface area contributed by atoms with Gasteiger partial charge in [-0.15, -0.1) is 0 Å². The van der Waals surface area contributed by atoms with Gasteiger partial charge in [0, 0.05) is 6.61 Å². The normalized spacial score (nSPS) is 8.93. The third-order valence-electron chi connectivity index (χ3n) is 1.67. The molecule has 0 aromatic heterocycles. The fourth-order valence-corrected chi connectivity index (χ4v) is 0.928. The molecule has 1 aromatic carbocycles. The molecule has 0 aliphatic carbocycles. The van der Waals surface area contributed by atoms with Crippen LogP contribution in [0.2, 0.25) is 0 Å². The van der Waals surface area contributed by atoms with E-state index in [0.29, 0.717) is 0 Å². The Morgan fingerprint density at radius 1 is 1.27 bits per heavy atom. The predicted octanol–water partition coefficient (Wildman–Crippen LogP) is 0.0419. The fourth-order valence-electron chi connectivity index (χ4n) is 0.928. The minimum absolute atomic E-state index is 0.0556. The summed E-state index contributed by atoms with van der Waals surface area (Å²) in [6.07, 6.45) is 1.85. The summed E-state index contributed by atoms with van der Waals surface area (Å²) in [5.74, 6) is -0.468. The maximum absolute atomic E-state index is 9.47. The molecule has 0 unspecified atom stereocenters. The van der Waals surface area contributed by atoms with Crippen molar-refractivity contribution in [2.75, 3.05) is 13.2 Å². The van der Waals surface area contributed by atoms with E-state index in [1.54, 1.807) is 0 Å². The molecular weight excluding hydrogens is 192 g/mol. The summed E-state index contributed by atoms with van der Waals surface area (Å²) in [4.78, 5) is 9.47. The highest BCUT2D eigenvalue weighted by Gasteiger charge is 1.88. The van der Waals surface area contributed by atoms with Gasteiger partial charge in [0.1, 0.15) is 0 Å². The number of aliphatic hydroxyl groups is 1. The molecule has 0 saturated carbocycles. The summed E-state index contributed by atoms with van der Waals surface area (Å²) in [7, 11) is 0. The standard InChI is InChI=1S/C9H12O.C2H6N2O/c10-8-4-7-9-5-2-1-3-6-9;3-1-2(4)5/h1-3,5-6,10H,4,7-8H2;1,3H2,(H2,4,5). The Labute approximate surface area is 89.9 Å². The highest BCUT2D eigenvalue weighted by Crippen LogP contribution is 2.00. The molecule has 0 bridgehead atoms. The zero-order valence-electron chi connectivity index (χ0n) is 8.73. The van der Waals surface area contributed by atoms with Gasteiger partial charge in [0.25, 0.3) is 0 Å². The Bertz CT molecular complexity index is 263. The van der Waals surface area contributed by atoms with E-state index in [1.165, 1.54) is 5.56 Å². The third-order valence-corrected chi connectivity index (χ3v) is 1.67. The number of hydrogen-bond acceptors (Lipinski definition) is 3. The second kappa shape index (κ2) is 9.18. The van der Waals surface area contributed by atoms with Crippen LogP contribution >= 0.6 is 0 Å². The van der Waals surface area contributed by atoms with Crippen LogP contribution in [0.5, 0.6) is 0 Å². The number of rotatable bonds is 4. The van der Waals surface area contributed by atoms with Crippen LogP contribution < -0.4 is 11.5 Å². The minimum Gasteiger partial charge on any atom is -0.396 e. The number of carbonyl (C=O) groups excluding carboxylic acids is 1. The van der Waals surface area contributed by atoms with E-state index in [0.717, 1.165) is 12.8 Å². The number of primary amides is 1. The van der Waals surface area contributed by atoms with Crippen molar-refractivity contribution in [1.29, 1.82) is 0 Å². The summed E-state index contributed by atoms with van der Waals surface area (Å²) >= 11 is 0. The summed E-state index contributed by atoms with van der Waals surface area (Å²) in [6, 6.07) is 10.2. The Morgan fingerprint density at radius 3 is 2.20 bits per heavy atom. The lowest BCUT2D eigenvalue weighted by Gasteiger charge is -1.96. The number of amides is 1. The van der Waals surface area contributed by atoms with E-state index in [4.69, 9.17) is 10.8 Å². The van der Waals surface area contributed by atoms with Crippen molar-refractivity contribution in [3.8, 4) is 0 Å². The van der Waals surface area contributed by atoms with Crippen LogP contribution in [-0.2, 0) is 11.2 Å². The van der Waals surface area contributed by atoms with E-state index in [1.807, 2.05) is 18.2 Å². The number of carbonyl (C=O) groups is 1. The molecule has 1 aromatic rings. The largest absolute Gasteiger partial charge is 0.396 e. The molecule has 5 N–H and O–H groups in total. The third kappa shape index (κ3) is 8.93. The Kier molecular flexibility index (Phi) is 8.33. The van der Waals surface area contributed by atoms with Crippen LogP contribution in [0.1, 0.15) is 12.0 Å². The average Bonchev–Trinajstić information content (AvgIpc) is 2.28. The summed E-state index contributed by atoms with van der Waals surface area (Å²) < 4.78 is 0. The first kappa shape index (κ1) is 13.6. The van der Waals surface area contributed by atoms with Gasteiger partial charge < -0.3 is 16.6 Å². The van der Waals surface area contributed by atoms with Gasteiger partial charge >= 0.3 is 0 Å². The van der Waals surface area contributed by atoms with Crippen molar-refractivity contribution in [3.05, 3.63) is 35.9 Å². The molecule has 1 rings (SSSR count). The maximum atomic E-state index is 9.47. The lowest BCUT2D eigenvalue weighted by molar-refractivity contribution is -0.116. The van der Waals surface area contributed by atoms with Crippen molar-refractivity contribution in [1.82, 2.24) is 0 Å². The molecule has 0 radical (unpaired) electrons. The summed E-state index contributed by atoms with van der Waals surface area (Å²) in [5.41, 5.74) is 10.5. The average molecular weight is 210 g/mol. The van der Waals surface area contributed by atoms with Crippen molar-refractivity contribution in [2.45, 2.75) is 12.8 Å². The van der Waals surface area contributed by atoms with Gasteiger partial charge in [0.15, 0.2) is 0 Å². The Balaban J connectivity index is 0.000000336. The summed E-state index contributed by atoms with van der Waals surface area (Å²) in [6.45, 7) is 0.231. The lowest BCUT2D eigenvalue weighted by Crippen LogP contribution is -2.21. The first-order chi connectivity index (χ1) is 7.20. The van der Waals surface area contributed by atoms with E-state index in [2.05, 4.69) is 17.9 Å². The molecular formula is C11H18N2O2. The lowest BCUT2D eigenvalue weighted by atomic mass is 10.1.